The van der Waals surface area contributed by atoms with Crippen LogP contribution in [-0.4, -0.2) is 61.6 Å². The van der Waals surface area contributed by atoms with Gasteiger partial charge in [-0.2, -0.15) is 0 Å². The molecule has 25 heavy (non-hydrogen) atoms. The van der Waals surface area contributed by atoms with Crippen molar-refractivity contribution < 1.29 is 13.9 Å². The number of morpholine rings is 1. The predicted octanol–water partition coefficient (Wildman–Crippen LogP) is 2.89. The monoisotopic (exact) mass is 348 g/mol. The molecule has 138 valence electrons. The summed E-state index contributed by atoms with van der Waals surface area (Å²) in [5.74, 6) is 0.526. The Morgan fingerprint density at radius 2 is 1.88 bits per heavy atom. The van der Waals surface area contributed by atoms with Crippen LogP contribution in [0.4, 0.5) is 4.39 Å². The lowest BCUT2D eigenvalue weighted by atomic mass is 9.93. The number of likely N-dealkylation sites (tertiary alicyclic amines) is 1. The molecule has 2 aliphatic rings. The van der Waals surface area contributed by atoms with E-state index in [1.807, 2.05) is 17.9 Å². The third-order valence-corrected chi connectivity index (χ3v) is 5.50. The number of carbonyl (C=O) groups excluding carboxylic acids is 1. The summed E-state index contributed by atoms with van der Waals surface area (Å²) in [5, 5.41) is 0. The largest absolute Gasteiger partial charge is 0.379 e. The molecule has 1 atom stereocenters. The number of rotatable bonds is 5. The van der Waals surface area contributed by atoms with Crippen molar-refractivity contribution in [2.24, 2.45) is 5.92 Å². The molecule has 0 spiro atoms. The van der Waals surface area contributed by atoms with Crippen molar-refractivity contribution in [1.82, 2.24) is 9.80 Å². The number of halogens is 1. The average molecular weight is 348 g/mol. The molecule has 1 aromatic carbocycles. The Labute approximate surface area is 149 Å². The first kappa shape index (κ1) is 18.3. The molecule has 0 saturated carbocycles. The van der Waals surface area contributed by atoms with Gasteiger partial charge in [-0.25, -0.2) is 4.39 Å². The number of hydrogen-bond acceptors (Lipinski definition) is 3. The van der Waals surface area contributed by atoms with E-state index in [9.17, 15) is 9.18 Å². The molecular weight excluding hydrogens is 319 g/mol. The van der Waals surface area contributed by atoms with E-state index in [0.717, 1.165) is 58.8 Å². The third-order valence-electron chi connectivity index (χ3n) is 5.50. The third kappa shape index (κ3) is 5.02. The summed E-state index contributed by atoms with van der Waals surface area (Å²) in [6.45, 7) is 8.45. The lowest BCUT2D eigenvalue weighted by Crippen LogP contribution is -2.44. The second-order valence-electron chi connectivity index (χ2n) is 7.36. The van der Waals surface area contributed by atoms with Gasteiger partial charge in [0.2, 0.25) is 5.91 Å². The van der Waals surface area contributed by atoms with Crippen LogP contribution >= 0.6 is 0 Å². The van der Waals surface area contributed by atoms with Gasteiger partial charge in [-0.15, -0.1) is 0 Å². The minimum absolute atomic E-state index is 0.0835. The van der Waals surface area contributed by atoms with Crippen LogP contribution < -0.4 is 0 Å². The van der Waals surface area contributed by atoms with Gasteiger partial charge < -0.3 is 9.64 Å². The van der Waals surface area contributed by atoms with Gasteiger partial charge >= 0.3 is 0 Å². The summed E-state index contributed by atoms with van der Waals surface area (Å²) < 4.78 is 19.3. The van der Waals surface area contributed by atoms with Crippen molar-refractivity contribution in [2.75, 3.05) is 45.9 Å². The number of ether oxygens (including phenoxy) is 1. The molecule has 2 heterocycles. The highest BCUT2D eigenvalue weighted by Gasteiger charge is 2.26. The maximum absolute atomic E-state index is 13.9. The first-order valence-corrected chi connectivity index (χ1v) is 9.46. The highest BCUT2D eigenvalue weighted by Crippen LogP contribution is 2.25. The predicted molar refractivity (Wildman–Crippen MR) is 96.0 cm³/mol. The molecule has 0 radical (unpaired) electrons. The molecule has 0 N–H and O–H groups in total. The first-order chi connectivity index (χ1) is 12.1. The molecule has 1 aromatic rings. The van der Waals surface area contributed by atoms with Gasteiger partial charge in [-0.05, 0) is 36.3 Å². The second-order valence-corrected chi connectivity index (χ2v) is 7.36. The van der Waals surface area contributed by atoms with Gasteiger partial charge in [0.1, 0.15) is 5.82 Å². The summed E-state index contributed by atoms with van der Waals surface area (Å²) in [6.07, 6.45) is 2.52. The van der Waals surface area contributed by atoms with E-state index in [1.165, 1.54) is 6.07 Å². The van der Waals surface area contributed by atoms with Crippen LogP contribution in [-0.2, 0) is 9.53 Å². The van der Waals surface area contributed by atoms with Gasteiger partial charge in [0.15, 0.2) is 0 Å². The molecule has 2 fully saturated rings. The smallest absolute Gasteiger partial charge is 0.223 e. The summed E-state index contributed by atoms with van der Waals surface area (Å²) in [4.78, 5) is 17.0. The van der Waals surface area contributed by atoms with Crippen LogP contribution in [0.25, 0.3) is 0 Å². The maximum atomic E-state index is 13.9. The summed E-state index contributed by atoms with van der Waals surface area (Å²) in [5.41, 5.74) is 0.637. The number of benzene rings is 1. The zero-order valence-corrected chi connectivity index (χ0v) is 15.1. The summed E-state index contributed by atoms with van der Waals surface area (Å²) in [7, 11) is 0. The quantitative estimate of drug-likeness (QED) is 0.820. The van der Waals surface area contributed by atoms with Gasteiger partial charge in [0, 0.05) is 39.1 Å². The van der Waals surface area contributed by atoms with Gasteiger partial charge in [0.05, 0.1) is 13.2 Å². The Morgan fingerprint density at radius 3 is 2.56 bits per heavy atom. The maximum Gasteiger partial charge on any atom is 0.223 e. The number of hydrogen-bond donors (Lipinski definition) is 0. The number of carbonyl (C=O) groups is 1. The molecular formula is C20H29FN2O2. The van der Waals surface area contributed by atoms with Crippen LogP contribution in [0.1, 0.15) is 37.7 Å². The standard InChI is InChI=1S/C20H29FN2O2/c1-16(18-4-2-3-5-19(18)21)14-20(24)23-8-6-17(7-9-23)15-22-10-12-25-13-11-22/h2-5,16-17H,6-15H2,1H3. The van der Waals surface area contributed by atoms with E-state index in [4.69, 9.17) is 4.74 Å². The molecule has 5 heteroatoms. The number of nitrogens with zero attached hydrogens (tertiary/aromatic N) is 2. The molecule has 4 nitrogen and oxygen atoms in total. The topological polar surface area (TPSA) is 32.8 Å². The molecule has 1 unspecified atom stereocenters. The molecule has 2 aliphatic heterocycles. The second kappa shape index (κ2) is 8.77. The Kier molecular flexibility index (Phi) is 6.43. The fourth-order valence-electron chi connectivity index (χ4n) is 3.89. The van der Waals surface area contributed by atoms with Crippen molar-refractivity contribution >= 4 is 5.91 Å². The van der Waals surface area contributed by atoms with E-state index in [-0.39, 0.29) is 17.6 Å². The zero-order chi connectivity index (χ0) is 17.6. The SMILES string of the molecule is CC(CC(=O)N1CCC(CN2CCOCC2)CC1)c1ccccc1F. The minimum atomic E-state index is -0.216. The van der Waals surface area contributed by atoms with Crippen LogP contribution in [0.5, 0.6) is 0 Å². The highest BCUT2D eigenvalue weighted by molar-refractivity contribution is 5.77. The lowest BCUT2D eigenvalue weighted by molar-refractivity contribution is -0.133. The summed E-state index contributed by atoms with van der Waals surface area (Å²) in [6, 6.07) is 6.76. The Bertz CT molecular complexity index is 567. The van der Waals surface area contributed by atoms with Gasteiger partial charge in [0.25, 0.3) is 0 Å². The van der Waals surface area contributed by atoms with Crippen molar-refractivity contribution in [1.29, 1.82) is 0 Å². The Morgan fingerprint density at radius 1 is 1.20 bits per heavy atom. The fraction of sp³-hybridized carbons (Fsp3) is 0.650. The minimum Gasteiger partial charge on any atom is -0.379 e. The van der Waals surface area contributed by atoms with Crippen molar-refractivity contribution in [2.45, 2.75) is 32.1 Å². The molecule has 0 aromatic heterocycles. The van der Waals surface area contributed by atoms with Crippen LogP contribution in [0.2, 0.25) is 0 Å². The van der Waals surface area contributed by atoms with Crippen molar-refractivity contribution in [3.05, 3.63) is 35.6 Å². The highest BCUT2D eigenvalue weighted by atomic mass is 19.1. The van der Waals surface area contributed by atoms with Crippen LogP contribution in [0.3, 0.4) is 0 Å². The van der Waals surface area contributed by atoms with E-state index < -0.39 is 0 Å². The first-order valence-electron chi connectivity index (χ1n) is 9.46. The number of amides is 1. The number of piperidine rings is 1. The Hall–Kier alpha value is -1.46. The van der Waals surface area contributed by atoms with Crippen LogP contribution in [0, 0.1) is 11.7 Å². The van der Waals surface area contributed by atoms with Gasteiger partial charge in [-0.3, -0.25) is 9.69 Å². The summed E-state index contributed by atoms with van der Waals surface area (Å²) >= 11 is 0. The molecule has 2 saturated heterocycles. The van der Waals surface area contributed by atoms with E-state index in [1.54, 1.807) is 12.1 Å². The van der Waals surface area contributed by atoms with Gasteiger partial charge in [-0.1, -0.05) is 25.1 Å². The van der Waals surface area contributed by atoms with E-state index in [2.05, 4.69) is 4.90 Å². The molecule has 1 amide bonds. The van der Waals surface area contributed by atoms with Crippen molar-refractivity contribution in [3.63, 3.8) is 0 Å². The average Bonchev–Trinajstić information content (AvgIpc) is 2.63. The Balaban J connectivity index is 1.44. The molecule has 0 aliphatic carbocycles. The zero-order valence-electron chi connectivity index (χ0n) is 15.1. The molecule has 3 rings (SSSR count). The lowest BCUT2D eigenvalue weighted by Gasteiger charge is -2.36. The van der Waals surface area contributed by atoms with Crippen molar-refractivity contribution in [3.8, 4) is 0 Å². The van der Waals surface area contributed by atoms with E-state index in [0.29, 0.717) is 17.9 Å². The van der Waals surface area contributed by atoms with E-state index >= 15 is 0 Å². The normalized spacial score (nSPS) is 21.3. The molecule has 0 bridgehead atoms. The van der Waals surface area contributed by atoms with Crippen LogP contribution in [0.15, 0.2) is 24.3 Å². The fourth-order valence-corrected chi connectivity index (χ4v) is 3.89.